The molecule has 30 heavy (non-hydrogen) atoms. The van der Waals surface area contributed by atoms with Crippen LogP contribution in [-0.2, 0) is 16.0 Å². The van der Waals surface area contributed by atoms with Gasteiger partial charge in [0.2, 0.25) is 11.8 Å². The predicted octanol–water partition coefficient (Wildman–Crippen LogP) is 3.49. The van der Waals surface area contributed by atoms with Crippen molar-refractivity contribution in [3.05, 3.63) is 59.7 Å². The van der Waals surface area contributed by atoms with Crippen molar-refractivity contribution in [2.45, 2.75) is 32.2 Å². The third-order valence-electron chi connectivity index (χ3n) is 5.75. The molecule has 1 aliphatic rings. The molecule has 6 nitrogen and oxygen atoms in total. The van der Waals surface area contributed by atoms with Crippen molar-refractivity contribution in [1.29, 1.82) is 0 Å². The number of aryl methyl sites for hydroxylation is 1. The fourth-order valence-corrected chi connectivity index (χ4v) is 4.03. The quantitative estimate of drug-likeness (QED) is 0.725. The molecule has 1 atom stereocenters. The van der Waals surface area contributed by atoms with Crippen molar-refractivity contribution in [2.24, 2.45) is 0 Å². The van der Waals surface area contributed by atoms with E-state index in [9.17, 15) is 9.59 Å². The lowest BCUT2D eigenvalue weighted by atomic mass is 9.87. The van der Waals surface area contributed by atoms with E-state index in [1.165, 1.54) is 11.1 Å². The highest BCUT2D eigenvalue weighted by Crippen LogP contribution is 2.33. The van der Waals surface area contributed by atoms with Crippen molar-refractivity contribution < 1.29 is 14.3 Å². The molecule has 2 aromatic carbocycles. The second kappa shape index (κ2) is 10.3. The number of nitrogens with zero attached hydrogens (tertiary/aromatic N) is 2. The highest BCUT2D eigenvalue weighted by atomic mass is 16.5. The molecule has 0 aromatic heterocycles. The van der Waals surface area contributed by atoms with E-state index in [1.807, 2.05) is 42.0 Å². The van der Waals surface area contributed by atoms with Gasteiger partial charge in [0.05, 0.1) is 31.9 Å². The van der Waals surface area contributed by atoms with Gasteiger partial charge in [0.15, 0.2) is 0 Å². The normalized spacial score (nSPS) is 15.4. The Morgan fingerprint density at radius 2 is 1.83 bits per heavy atom. The summed E-state index contributed by atoms with van der Waals surface area (Å²) < 4.78 is 5.28. The molecule has 160 valence electrons. The van der Waals surface area contributed by atoms with Gasteiger partial charge in [-0.1, -0.05) is 43.3 Å². The van der Waals surface area contributed by atoms with E-state index in [4.69, 9.17) is 4.74 Å². The van der Waals surface area contributed by atoms with Crippen LogP contribution in [0.5, 0.6) is 5.75 Å². The zero-order valence-corrected chi connectivity index (χ0v) is 18.1. The molecule has 0 bridgehead atoms. The number of carbonyl (C=O) groups is 2. The lowest BCUT2D eigenvalue weighted by Crippen LogP contribution is -2.43. The summed E-state index contributed by atoms with van der Waals surface area (Å²) in [5.74, 6) is 0.476. The molecule has 0 heterocycles. The molecular formula is C24H31N3O3. The van der Waals surface area contributed by atoms with Gasteiger partial charge in [0.25, 0.3) is 0 Å². The number of hydrogen-bond acceptors (Lipinski definition) is 4. The fourth-order valence-electron chi connectivity index (χ4n) is 4.03. The van der Waals surface area contributed by atoms with Gasteiger partial charge in [-0.05, 0) is 49.1 Å². The first-order valence-corrected chi connectivity index (χ1v) is 10.5. The summed E-state index contributed by atoms with van der Waals surface area (Å²) in [5, 5.41) is 2.87. The number of carbonyl (C=O) groups excluding carboxylic acids is 2. The van der Waals surface area contributed by atoms with E-state index in [1.54, 1.807) is 19.2 Å². The molecule has 0 saturated carbocycles. The Labute approximate surface area is 178 Å². The third-order valence-corrected chi connectivity index (χ3v) is 5.75. The van der Waals surface area contributed by atoms with E-state index >= 15 is 0 Å². The van der Waals surface area contributed by atoms with Crippen molar-refractivity contribution in [2.75, 3.05) is 39.1 Å². The summed E-state index contributed by atoms with van der Waals surface area (Å²) in [7, 11) is 3.44. The Hall–Kier alpha value is -2.86. The Kier molecular flexibility index (Phi) is 7.46. The second-order valence-corrected chi connectivity index (χ2v) is 7.66. The molecule has 1 unspecified atom stereocenters. The molecule has 1 aliphatic carbocycles. The number of nitrogens with one attached hydrogen (secondary N) is 1. The van der Waals surface area contributed by atoms with Crippen molar-refractivity contribution in [3.63, 3.8) is 0 Å². The number of amides is 2. The molecule has 1 N–H and O–H groups in total. The summed E-state index contributed by atoms with van der Waals surface area (Å²) in [4.78, 5) is 29.2. The Morgan fingerprint density at radius 3 is 2.60 bits per heavy atom. The van der Waals surface area contributed by atoms with E-state index in [0.717, 1.165) is 19.3 Å². The first-order valence-electron chi connectivity index (χ1n) is 10.5. The van der Waals surface area contributed by atoms with Gasteiger partial charge >= 0.3 is 0 Å². The van der Waals surface area contributed by atoms with Gasteiger partial charge < -0.3 is 15.0 Å². The average Bonchev–Trinajstić information content (AvgIpc) is 2.78. The van der Waals surface area contributed by atoms with E-state index in [-0.39, 0.29) is 30.9 Å². The molecule has 0 radical (unpaired) electrons. The van der Waals surface area contributed by atoms with Crippen LogP contribution in [0.25, 0.3) is 0 Å². The largest absolute Gasteiger partial charge is 0.495 e. The maximum absolute atomic E-state index is 13.0. The fraction of sp³-hybridized carbons (Fsp3) is 0.417. The molecule has 0 spiro atoms. The molecular weight excluding hydrogens is 378 g/mol. The molecule has 0 aliphatic heterocycles. The van der Waals surface area contributed by atoms with Gasteiger partial charge in [0, 0.05) is 7.05 Å². The minimum absolute atomic E-state index is 0.0312. The number of para-hydroxylation sites is 2. The minimum atomic E-state index is -0.167. The molecule has 3 rings (SSSR count). The number of ether oxygens (including phenoxy) is 1. The molecule has 2 amide bonds. The highest BCUT2D eigenvalue weighted by Gasteiger charge is 2.27. The van der Waals surface area contributed by atoms with Gasteiger partial charge in [-0.2, -0.15) is 0 Å². The zero-order chi connectivity index (χ0) is 21.5. The number of rotatable bonds is 8. The van der Waals surface area contributed by atoms with Crippen LogP contribution < -0.4 is 10.1 Å². The van der Waals surface area contributed by atoms with E-state index in [2.05, 4.69) is 23.5 Å². The summed E-state index contributed by atoms with van der Waals surface area (Å²) in [5.41, 5.74) is 3.21. The summed E-state index contributed by atoms with van der Waals surface area (Å²) >= 11 is 0. The van der Waals surface area contributed by atoms with Crippen LogP contribution in [0.3, 0.4) is 0 Å². The van der Waals surface area contributed by atoms with Crippen LogP contribution in [0.15, 0.2) is 48.5 Å². The number of anilines is 1. The van der Waals surface area contributed by atoms with E-state index < -0.39 is 0 Å². The summed E-state index contributed by atoms with van der Waals surface area (Å²) in [6, 6.07) is 15.8. The number of likely N-dealkylation sites (N-methyl/N-ethyl adjacent to an activating group) is 2. The van der Waals surface area contributed by atoms with Gasteiger partial charge in [-0.15, -0.1) is 0 Å². The SMILES string of the molecule is CCN(CC(=O)Nc1ccccc1OC)CC(=O)N(C)C1CCCc2ccccc21. The van der Waals surface area contributed by atoms with Crippen LogP contribution in [0.1, 0.15) is 36.9 Å². The van der Waals surface area contributed by atoms with Gasteiger partial charge in [-0.25, -0.2) is 0 Å². The molecule has 0 saturated heterocycles. The molecule has 2 aromatic rings. The monoisotopic (exact) mass is 409 g/mol. The first kappa shape index (κ1) is 21.8. The topological polar surface area (TPSA) is 61.9 Å². The molecule has 0 fully saturated rings. The van der Waals surface area contributed by atoms with Crippen LogP contribution in [0, 0.1) is 0 Å². The van der Waals surface area contributed by atoms with Gasteiger partial charge in [-0.3, -0.25) is 14.5 Å². The molecule has 6 heteroatoms. The Morgan fingerprint density at radius 1 is 1.10 bits per heavy atom. The van der Waals surface area contributed by atoms with Crippen LogP contribution >= 0.6 is 0 Å². The van der Waals surface area contributed by atoms with Crippen LogP contribution in [-0.4, -0.2) is 55.4 Å². The maximum Gasteiger partial charge on any atom is 0.238 e. The van der Waals surface area contributed by atoms with Crippen molar-refractivity contribution >= 4 is 17.5 Å². The van der Waals surface area contributed by atoms with Crippen LogP contribution in [0.4, 0.5) is 5.69 Å². The third kappa shape index (κ3) is 5.19. The Bertz CT molecular complexity index is 884. The van der Waals surface area contributed by atoms with Crippen molar-refractivity contribution in [3.8, 4) is 5.75 Å². The predicted molar refractivity (Wildman–Crippen MR) is 119 cm³/mol. The summed E-state index contributed by atoms with van der Waals surface area (Å²) in [6.45, 7) is 2.93. The maximum atomic E-state index is 13.0. The highest BCUT2D eigenvalue weighted by molar-refractivity contribution is 5.94. The average molecular weight is 410 g/mol. The smallest absolute Gasteiger partial charge is 0.238 e. The first-order chi connectivity index (χ1) is 14.5. The van der Waals surface area contributed by atoms with E-state index in [0.29, 0.717) is 18.0 Å². The lowest BCUT2D eigenvalue weighted by molar-refractivity contribution is -0.134. The summed E-state index contributed by atoms with van der Waals surface area (Å²) in [6.07, 6.45) is 3.12. The lowest BCUT2D eigenvalue weighted by Gasteiger charge is -2.34. The van der Waals surface area contributed by atoms with Crippen LogP contribution in [0.2, 0.25) is 0 Å². The second-order valence-electron chi connectivity index (χ2n) is 7.66. The Balaban J connectivity index is 1.60. The van der Waals surface area contributed by atoms with Crippen molar-refractivity contribution in [1.82, 2.24) is 9.80 Å². The standard InChI is InChI=1S/C24H31N3O3/c1-4-27(16-23(28)25-20-13-7-8-15-22(20)30-3)17-24(29)26(2)21-14-9-11-18-10-5-6-12-19(18)21/h5-8,10,12-13,15,21H,4,9,11,14,16-17H2,1-3H3,(H,25,28). The van der Waals surface area contributed by atoms with Gasteiger partial charge in [0.1, 0.15) is 5.75 Å². The number of methoxy groups -OCH3 is 1. The number of hydrogen-bond donors (Lipinski definition) is 1. The number of benzene rings is 2. The minimum Gasteiger partial charge on any atom is -0.495 e. The zero-order valence-electron chi connectivity index (χ0n) is 18.1. The number of fused-ring (bicyclic) bond motifs is 1.